The summed E-state index contributed by atoms with van der Waals surface area (Å²) in [6.07, 6.45) is 0.0820. The topological polar surface area (TPSA) is 75.7 Å². The molecule has 1 atom stereocenters. The van der Waals surface area contributed by atoms with Crippen molar-refractivity contribution in [3.63, 3.8) is 0 Å². The summed E-state index contributed by atoms with van der Waals surface area (Å²) in [5.41, 5.74) is 1.89. The van der Waals surface area contributed by atoms with E-state index >= 15 is 0 Å². The lowest BCUT2D eigenvalue weighted by Gasteiger charge is -2.34. The molecule has 26 heavy (non-hydrogen) atoms. The molecule has 2 aromatic carbocycles. The molecule has 1 aliphatic rings. The van der Waals surface area contributed by atoms with Crippen LogP contribution in [0.4, 0.5) is 0 Å². The van der Waals surface area contributed by atoms with E-state index in [-0.39, 0.29) is 25.5 Å². The Hall–Kier alpha value is -3.15. The van der Waals surface area contributed by atoms with Crippen LogP contribution in [-0.4, -0.2) is 35.3 Å². The van der Waals surface area contributed by atoms with Crippen LogP contribution < -0.4 is 5.32 Å². The second-order valence-electron chi connectivity index (χ2n) is 6.14. The number of carbonyl (C=O) groups is 3. The predicted octanol–water partition coefficient (Wildman–Crippen LogP) is 1.65. The maximum Gasteiger partial charge on any atom is 0.397 e. The van der Waals surface area contributed by atoms with E-state index in [0.29, 0.717) is 6.54 Å². The third kappa shape index (κ3) is 4.47. The van der Waals surface area contributed by atoms with Crippen molar-refractivity contribution in [2.75, 3.05) is 6.61 Å². The largest absolute Gasteiger partial charge is 0.456 e. The van der Waals surface area contributed by atoms with Crippen molar-refractivity contribution in [2.24, 2.45) is 0 Å². The Balaban J connectivity index is 1.62. The molecule has 6 nitrogen and oxygen atoms in total. The van der Waals surface area contributed by atoms with E-state index in [0.717, 1.165) is 11.1 Å². The Bertz CT molecular complexity index is 777. The Morgan fingerprint density at radius 1 is 1.00 bits per heavy atom. The van der Waals surface area contributed by atoms with Gasteiger partial charge in [-0.3, -0.25) is 9.59 Å². The lowest BCUT2D eigenvalue weighted by Crippen LogP contribution is -2.52. The molecular formula is C20H20N2O4. The van der Waals surface area contributed by atoms with E-state index < -0.39 is 17.9 Å². The summed E-state index contributed by atoms with van der Waals surface area (Å²) in [6.45, 7) is 0.709. The summed E-state index contributed by atoms with van der Waals surface area (Å²) in [6, 6.07) is 18.5. The van der Waals surface area contributed by atoms with Gasteiger partial charge >= 0.3 is 11.9 Å². The van der Waals surface area contributed by atoms with Gasteiger partial charge < -0.3 is 15.0 Å². The molecule has 0 bridgehead atoms. The van der Waals surface area contributed by atoms with E-state index in [1.165, 1.54) is 4.90 Å². The SMILES string of the molecule is O=C(C[C@@H]1COC(=O)C(=O)N1Cc1ccccc1)NCc1ccccc1. The highest BCUT2D eigenvalue weighted by molar-refractivity contribution is 6.32. The second-order valence-corrected chi connectivity index (χ2v) is 6.14. The fraction of sp³-hybridized carbons (Fsp3) is 0.250. The number of nitrogens with one attached hydrogen (secondary N) is 1. The number of cyclic esters (lactones) is 1. The fourth-order valence-electron chi connectivity index (χ4n) is 2.84. The standard InChI is InChI=1S/C20H20N2O4/c23-18(21-12-15-7-3-1-4-8-15)11-17-14-26-20(25)19(24)22(17)13-16-9-5-2-6-10-16/h1-10,17H,11-14H2,(H,21,23)/t17-/m1/s1. The molecule has 2 aromatic rings. The number of hydrogen-bond donors (Lipinski definition) is 1. The minimum atomic E-state index is -0.873. The lowest BCUT2D eigenvalue weighted by molar-refractivity contribution is -0.171. The summed E-state index contributed by atoms with van der Waals surface area (Å²) in [5, 5.41) is 2.84. The van der Waals surface area contributed by atoms with Gasteiger partial charge in [-0.05, 0) is 11.1 Å². The molecule has 0 unspecified atom stereocenters. The number of ether oxygens (including phenoxy) is 1. The molecule has 1 saturated heterocycles. The van der Waals surface area contributed by atoms with Gasteiger partial charge in [0.1, 0.15) is 6.61 Å². The van der Waals surface area contributed by atoms with Crippen molar-refractivity contribution < 1.29 is 19.1 Å². The zero-order valence-electron chi connectivity index (χ0n) is 14.3. The van der Waals surface area contributed by atoms with Crippen LogP contribution in [0.2, 0.25) is 0 Å². The van der Waals surface area contributed by atoms with Gasteiger partial charge in [0.15, 0.2) is 0 Å². The van der Waals surface area contributed by atoms with Crippen LogP contribution in [0.3, 0.4) is 0 Å². The quantitative estimate of drug-likeness (QED) is 0.634. The first-order chi connectivity index (χ1) is 12.6. The summed E-state index contributed by atoms with van der Waals surface area (Å²) < 4.78 is 4.92. The Kier molecular flexibility index (Phi) is 5.63. The summed E-state index contributed by atoms with van der Waals surface area (Å²) in [4.78, 5) is 37.5. The normalized spacial score (nSPS) is 16.9. The van der Waals surface area contributed by atoms with Crippen LogP contribution in [0, 0.1) is 0 Å². The minimum absolute atomic E-state index is 0.0240. The maximum absolute atomic E-state index is 12.3. The molecular weight excluding hydrogens is 332 g/mol. The summed E-state index contributed by atoms with van der Waals surface area (Å²) >= 11 is 0. The van der Waals surface area contributed by atoms with Crippen LogP contribution in [0.25, 0.3) is 0 Å². The number of amides is 2. The maximum atomic E-state index is 12.3. The highest BCUT2D eigenvalue weighted by Gasteiger charge is 2.36. The van der Waals surface area contributed by atoms with Gasteiger partial charge in [-0.2, -0.15) is 0 Å². The molecule has 0 radical (unpaired) electrons. The second kappa shape index (κ2) is 8.29. The van der Waals surface area contributed by atoms with Crippen LogP contribution in [0.15, 0.2) is 60.7 Å². The van der Waals surface area contributed by atoms with E-state index in [1.54, 1.807) is 0 Å². The molecule has 1 aliphatic heterocycles. The van der Waals surface area contributed by atoms with Crippen molar-refractivity contribution in [2.45, 2.75) is 25.6 Å². The fourth-order valence-corrected chi connectivity index (χ4v) is 2.84. The van der Waals surface area contributed by atoms with E-state index in [9.17, 15) is 14.4 Å². The molecule has 1 fully saturated rings. The smallest absolute Gasteiger partial charge is 0.397 e. The molecule has 6 heteroatoms. The van der Waals surface area contributed by atoms with Gasteiger partial charge in [0.25, 0.3) is 0 Å². The van der Waals surface area contributed by atoms with E-state index in [2.05, 4.69) is 5.32 Å². The highest BCUT2D eigenvalue weighted by atomic mass is 16.5. The first kappa shape index (κ1) is 17.7. The number of carbonyl (C=O) groups excluding carboxylic acids is 3. The molecule has 0 aromatic heterocycles. The molecule has 3 rings (SSSR count). The van der Waals surface area contributed by atoms with Crippen molar-refractivity contribution in [3.05, 3.63) is 71.8 Å². The van der Waals surface area contributed by atoms with Crippen LogP contribution in [-0.2, 0) is 32.2 Å². The molecule has 0 aliphatic carbocycles. The molecule has 0 saturated carbocycles. The lowest BCUT2D eigenvalue weighted by atomic mass is 10.1. The monoisotopic (exact) mass is 352 g/mol. The van der Waals surface area contributed by atoms with Gasteiger partial charge in [-0.25, -0.2) is 4.79 Å². The Morgan fingerprint density at radius 3 is 2.27 bits per heavy atom. The third-order valence-corrected chi connectivity index (χ3v) is 4.23. The summed E-state index contributed by atoms with van der Waals surface area (Å²) in [7, 11) is 0. The third-order valence-electron chi connectivity index (χ3n) is 4.23. The van der Waals surface area contributed by atoms with Crippen molar-refractivity contribution in [1.82, 2.24) is 10.2 Å². The number of benzene rings is 2. The number of esters is 1. The first-order valence-electron chi connectivity index (χ1n) is 8.46. The Morgan fingerprint density at radius 2 is 1.62 bits per heavy atom. The van der Waals surface area contributed by atoms with E-state index in [1.807, 2.05) is 60.7 Å². The van der Waals surface area contributed by atoms with E-state index in [4.69, 9.17) is 4.74 Å². The van der Waals surface area contributed by atoms with Gasteiger partial charge in [-0.1, -0.05) is 60.7 Å². The van der Waals surface area contributed by atoms with Gasteiger partial charge in [-0.15, -0.1) is 0 Å². The van der Waals surface area contributed by atoms with Gasteiger partial charge in [0.2, 0.25) is 5.91 Å². The number of nitrogens with zero attached hydrogens (tertiary/aromatic N) is 1. The van der Waals surface area contributed by atoms with Crippen LogP contribution >= 0.6 is 0 Å². The zero-order chi connectivity index (χ0) is 18.4. The highest BCUT2D eigenvalue weighted by Crippen LogP contribution is 2.17. The van der Waals surface area contributed by atoms with Crippen molar-refractivity contribution in [3.8, 4) is 0 Å². The Labute approximate surface area is 151 Å². The first-order valence-corrected chi connectivity index (χ1v) is 8.46. The molecule has 0 spiro atoms. The average molecular weight is 352 g/mol. The van der Waals surface area contributed by atoms with Crippen molar-refractivity contribution >= 4 is 17.8 Å². The number of rotatable bonds is 6. The molecule has 1 heterocycles. The summed E-state index contributed by atoms with van der Waals surface area (Å²) in [5.74, 6) is -1.77. The van der Waals surface area contributed by atoms with Crippen LogP contribution in [0.5, 0.6) is 0 Å². The minimum Gasteiger partial charge on any atom is -0.456 e. The molecule has 1 N–H and O–H groups in total. The molecule has 2 amide bonds. The number of morpholine rings is 1. The predicted molar refractivity (Wildman–Crippen MR) is 94.6 cm³/mol. The van der Waals surface area contributed by atoms with Gasteiger partial charge in [0, 0.05) is 13.1 Å². The zero-order valence-corrected chi connectivity index (χ0v) is 14.3. The van der Waals surface area contributed by atoms with Crippen molar-refractivity contribution in [1.29, 1.82) is 0 Å². The van der Waals surface area contributed by atoms with Gasteiger partial charge in [0.05, 0.1) is 12.5 Å². The van der Waals surface area contributed by atoms with Crippen LogP contribution in [0.1, 0.15) is 17.5 Å². The average Bonchev–Trinajstić information content (AvgIpc) is 2.67. The molecule has 134 valence electrons. The number of hydrogen-bond acceptors (Lipinski definition) is 4.